The Morgan fingerprint density at radius 1 is 1.34 bits per heavy atom. The molecular formula is C19H23N3O6S. The molecule has 1 aromatic carbocycles. The predicted octanol–water partition coefficient (Wildman–Crippen LogP) is 0.481. The van der Waals surface area contributed by atoms with Gasteiger partial charge in [0, 0.05) is 18.9 Å². The van der Waals surface area contributed by atoms with Crippen molar-refractivity contribution in [2.75, 3.05) is 11.5 Å². The first-order valence-electron chi connectivity index (χ1n) is 9.42. The highest BCUT2D eigenvalue weighted by atomic mass is 32.2. The molecule has 2 N–H and O–H groups in total. The minimum Gasteiger partial charge on any atom is -0.453 e. The van der Waals surface area contributed by atoms with Crippen LogP contribution >= 0.6 is 0 Å². The first kappa shape index (κ1) is 21.0. The maximum Gasteiger partial charge on any atom is 0.306 e. The van der Waals surface area contributed by atoms with Crippen LogP contribution in [-0.4, -0.2) is 53.9 Å². The number of sulfone groups is 1. The summed E-state index contributed by atoms with van der Waals surface area (Å²) in [6.07, 6.45) is 0.201. The van der Waals surface area contributed by atoms with E-state index in [-0.39, 0.29) is 23.5 Å². The van der Waals surface area contributed by atoms with E-state index in [9.17, 15) is 22.8 Å². The Bertz CT molecular complexity index is 1080. The molecule has 0 radical (unpaired) electrons. The Morgan fingerprint density at radius 2 is 2.10 bits per heavy atom. The molecule has 0 saturated carbocycles. The maximum absolute atomic E-state index is 12.1. The van der Waals surface area contributed by atoms with Gasteiger partial charge in [0.1, 0.15) is 5.82 Å². The number of ether oxygens (including phenoxy) is 1. The number of aryl methyl sites for hydroxylation is 1. The van der Waals surface area contributed by atoms with Crippen LogP contribution in [0.1, 0.15) is 32.0 Å². The molecule has 0 unspecified atom stereocenters. The summed E-state index contributed by atoms with van der Waals surface area (Å²) >= 11 is 0. The van der Waals surface area contributed by atoms with E-state index in [4.69, 9.17) is 4.74 Å². The van der Waals surface area contributed by atoms with Gasteiger partial charge >= 0.3 is 5.97 Å². The quantitative estimate of drug-likeness (QED) is 0.621. The zero-order valence-corrected chi connectivity index (χ0v) is 16.8. The lowest BCUT2D eigenvalue weighted by molar-refractivity contribution is -0.155. The summed E-state index contributed by atoms with van der Waals surface area (Å²) in [6.45, 7) is 1.44. The summed E-state index contributed by atoms with van der Waals surface area (Å²) in [7, 11) is -3.10. The summed E-state index contributed by atoms with van der Waals surface area (Å²) < 4.78 is 28.0. The van der Waals surface area contributed by atoms with Gasteiger partial charge in [0.2, 0.25) is 0 Å². The number of hydrogen-bond acceptors (Lipinski definition) is 7. The number of H-pyrrole nitrogens is 1. The number of hydrogen-bond donors (Lipinski definition) is 2. The molecule has 156 valence electrons. The lowest BCUT2D eigenvalue weighted by Crippen LogP contribution is -2.42. The van der Waals surface area contributed by atoms with Crippen LogP contribution in [0, 0.1) is 0 Å². The molecule has 1 fully saturated rings. The smallest absolute Gasteiger partial charge is 0.306 e. The summed E-state index contributed by atoms with van der Waals surface area (Å²) in [4.78, 5) is 43.1. The molecule has 2 heterocycles. The molecule has 1 saturated heterocycles. The number of amides is 1. The van der Waals surface area contributed by atoms with Crippen molar-refractivity contribution in [2.24, 2.45) is 0 Å². The van der Waals surface area contributed by atoms with Crippen LogP contribution in [0.25, 0.3) is 10.9 Å². The summed E-state index contributed by atoms with van der Waals surface area (Å²) in [6, 6.07) is 6.55. The van der Waals surface area contributed by atoms with Crippen molar-refractivity contribution >= 4 is 32.6 Å². The Kier molecular flexibility index (Phi) is 6.31. The van der Waals surface area contributed by atoms with Gasteiger partial charge in [-0.1, -0.05) is 12.1 Å². The minimum atomic E-state index is -3.10. The van der Waals surface area contributed by atoms with Crippen molar-refractivity contribution in [1.82, 2.24) is 15.3 Å². The Morgan fingerprint density at radius 3 is 2.83 bits per heavy atom. The molecule has 2 aromatic rings. The molecule has 1 amide bonds. The highest BCUT2D eigenvalue weighted by Crippen LogP contribution is 2.12. The molecule has 29 heavy (non-hydrogen) atoms. The fraction of sp³-hybridized carbons (Fsp3) is 0.474. The Labute approximate surface area is 167 Å². The number of aromatic nitrogens is 2. The van der Waals surface area contributed by atoms with Gasteiger partial charge in [-0.25, -0.2) is 13.4 Å². The first-order valence-corrected chi connectivity index (χ1v) is 11.2. The van der Waals surface area contributed by atoms with Gasteiger partial charge in [0.15, 0.2) is 15.9 Å². The summed E-state index contributed by atoms with van der Waals surface area (Å²) in [5.74, 6) is -0.613. The van der Waals surface area contributed by atoms with Gasteiger partial charge in [0.25, 0.3) is 11.5 Å². The van der Waals surface area contributed by atoms with Gasteiger partial charge < -0.3 is 15.0 Å². The first-order chi connectivity index (χ1) is 13.7. The monoisotopic (exact) mass is 421 g/mol. The normalized spacial score (nSPS) is 19.0. The second-order valence-corrected chi connectivity index (χ2v) is 9.35. The number of para-hydroxylation sites is 1. The van der Waals surface area contributed by atoms with E-state index < -0.39 is 33.9 Å². The fourth-order valence-electron chi connectivity index (χ4n) is 3.19. The number of benzene rings is 1. The van der Waals surface area contributed by atoms with Gasteiger partial charge in [-0.15, -0.1) is 0 Å². The molecule has 0 aliphatic carbocycles. The van der Waals surface area contributed by atoms with Crippen LogP contribution in [0.4, 0.5) is 0 Å². The van der Waals surface area contributed by atoms with Crippen molar-refractivity contribution in [3.05, 3.63) is 40.4 Å². The summed E-state index contributed by atoms with van der Waals surface area (Å²) in [5, 5.41) is 3.10. The van der Waals surface area contributed by atoms with E-state index in [0.29, 0.717) is 36.0 Å². The van der Waals surface area contributed by atoms with E-state index in [1.54, 1.807) is 24.3 Å². The van der Waals surface area contributed by atoms with Crippen LogP contribution < -0.4 is 10.9 Å². The predicted molar refractivity (Wildman–Crippen MR) is 106 cm³/mol. The number of carbonyl (C=O) groups is 2. The molecule has 1 aliphatic rings. The minimum absolute atomic E-state index is 0.0526. The van der Waals surface area contributed by atoms with Crippen LogP contribution in [0.15, 0.2) is 29.1 Å². The SMILES string of the molecule is C[C@H](OC(=O)CCCc1nc2ccccc2c(=O)[nH]1)C(=O)N[C@@H]1CCS(=O)(=O)C1. The van der Waals surface area contributed by atoms with Crippen LogP contribution in [-0.2, 0) is 30.6 Å². The number of rotatable bonds is 7. The van der Waals surface area contributed by atoms with E-state index in [2.05, 4.69) is 15.3 Å². The van der Waals surface area contributed by atoms with Crippen molar-refractivity contribution in [3.8, 4) is 0 Å². The molecule has 9 nitrogen and oxygen atoms in total. The lowest BCUT2D eigenvalue weighted by atomic mass is 10.2. The third-order valence-corrected chi connectivity index (χ3v) is 6.48. The molecular weight excluding hydrogens is 398 g/mol. The number of nitrogens with one attached hydrogen (secondary N) is 2. The van der Waals surface area contributed by atoms with Crippen molar-refractivity contribution in [1.29, 1.82) is 0 Å². The van der Waals surface area contributed by atoms with Crippen molar-refractivity contribution in [2.45, 2.75) is 44.8 Å². The molecule has 0 spiro atoms. The second kappa shape index (κ2) is 8.73. The average molecular weight is 421 g/mol. The summed E-state index contributed by atoms with van der Waals surface area (Å²) in [5.41, 5.74) is 0.362. The number of esters is 1. The number of fused-ring (bicyclic) bond motifs is 1. The maximum atomic E-state index is 12.1. The fourth-order valence-corrected chi connectivity index (χ4v) is 4.86. The number of nitrogens with zero attached hydrogens (tertiary/aromatic N) is 1. The number of aromatic amines is 1. The Hall–Kier alpha value is -2.75. The van der Waals surface area contributed by atoms with E-state index in [1.807, 2.05) is 0 Å². The van der Waals surface area contributed by atoms with Gasteiger partial charge in [0.05, 0.1) is 22.4 Å². The van der Waals surface area contributed by atoms with Gasteiger partial charge in [-0.3, -0.25) is 14.4 Å². The highest BCUT2D eigenvalue weighted by Gasteiger charge is 2.30. The van der Waals surface area contributed by atoms with Gasteiger partial charge in [-0.05, 0) is 31.9 Å². The zero-order valence-electron chi connectivity index (χ0n) is 16.0. The topological polar surface area (TPSA) is 135 Å². The van der Waals surface area contributed by atoms with Crippen LogP contribution in [0.2, 0.25) is 0 Å². The molecule has 0 bridgehead atoms. The second-order valence-electron chi connectivity index (χ2n) is 7.12. The zero-order chi connectivity index (χ0) is 21.0. The average Bonchev–Trinajstić information content (AvgIpc) is 3.00. The molecule has 10 heteroatoms. The molecule has 1 aromatic heterocycles. The molecule has 1 aliphatic heterocycles. The Balaban J connectivity index is 1.45. The highest BCUT2D eigenvalue weighted by molar-refractivity contribution is 7.91. The van der Waals surface area contributed by atoms with Crippen molar-refractivity contribution < 1.29 is 22.7 Å². The van der Waals surface area contributed by atoms with Crippen molar-refractivity contribution in [3.63, 3.8) is 0 Å². The van der Waals surface area contributed by atoms with Gasteiger partial charge in [-0.2, -0.15) is 0 Å². The standard InChI is InChI=1S/C19H23N3O6S/c1-12(18(24)20-13-9-10-29(26,27)11-13)28-17(23)8-4-7-16-21-15-6-3-2-5-14(15)19(25)22-16/h2-3,5-6,12-13H,4,7-11H2,1H3,(H,20,24)(H,21,22,25)/t12-,13+/m0/s1. The van der Waals surface area contributed by atoms with E-state index >= 15 is 0 Å². The third-order valence-electron chi connectivity index (χ3n) is 4.71. The van der Waals surface area contributed by atoms with Crippen LogP contribution in [0.5, 0.6) is 0 Å². The third kappa shape index (κ3) is 5.63. The molecule has 3 rings (SSSR count). The molecule has 2 atom stereocenters. The lowest BCUT2D eigenvalue weighted by Gasteiger charge is -2.16. The number of carbonyl (C=O) groups excluding carboxylic acids is 2. The van der Waals surface area contributed by atoms with Crippen LogP contribution in [0.3, 0.4) is 0 Å². The largest absolute Gasteiger partial charge is 0.453 e. The van der Waals surface area contributed by atoms with E-state index in [1.165, 1.54) is 6.92 Å². The van der Waals surface area contributed by atoms with E-state index in [0.717, 1.165) is 0 Å².